The van der Waals surface area contributed by atoms with E-state index in [-0.39, 0.29) is 22.7 Å². The third-order valence-corrected chi connectivity index (χ3v) is 9.79. The summed E-state index contributed by atoms with van der Waals surface area (Å²) in [5.74, 6) is -0.536. The first-order valence-electron chi connectivity index (χ1n) is 14.5. The van der Waals surface area contributed by atoms with E-state index in [1.807, 2.05) is 32.9 Å². The van der Waals surface area contributed by atoms with Crippen LogP contribution in [0.4, 0.5) is 5.69 Å². The number of benzene rings is 4. The number of hydrazone groups is 1. The minimum absolute atomic E-state index is 0.00868. The molecule has 1 N–H and O–H groups in total. The molecule has 0 bridgehead atoms. The zero-order valence-corrected chi connectivity index (χ0v) is 27.4. The smallest absolute Gasteiger partial charge is 0.273 e. The number of carbonyl (C=O) groups excluding carboxylic acids is 1. The van der Waals surface area contributed by atoms with Crippen molar-refractivity contribution in [2.75, 3.05) is 4.31 Å². The van der Waals surface area contributed by atoms with Gasteiger partial charge in [-0.2, -0.15) is 5.10 Å². The van der Waals surface area contributed by atoms with Crippen LogP contribution in [0.5, 0.6) is 0 Å². The second-order valence-electron chi connectivity index (χ2n) is 11.1. The molecule has 0 spiro atoms. The molecule has 1 aromatic heterocycles. The van der Waals surface area contributed by atoms with Crippen molar-refractivity contribution in [3.8, 4) is 5.69 Å². The Morgan fingerprint density at radius 1 is 0.867 bits per heavy atom. The molecule has 1 heterocycles. The summed E-state index contributed by atoms with van der Waals surface area (Å²) in [6.45, 7) is 10.1. The number of rotatable bonds is 9. The number of halogens is 1. The lowest BCUT2D eigenvalue weighted by atomic mass is 10.1. The summed E-state index contributed by atoms with van der Waals surface area (Å²) in [7, 11) is -4.06. The van der Waals surface area contributed by atoms with Crippen LogP contribution in [0.3, 0.4) is 0 Å². The molecular weight excluding hydrogens is 604 g/mol. The number of sulfonamides is 1. The molecule has 230 valence electrons. The number of carbonyl (C=O) groups is 1. The van der Waals surface area contributed by atoms with Crippen LogP contribution in [0, 0.1) is 34.6 Å². The maximum atomic E-state index is 14.1. The lowest BCUT2D eigenvalue weighted by molar-refractivity contribution is 0.0955. The Balaban J connectivity index is 1.47. The second-order valence-corrected chi connectivity index (χ2v) is 13.4. The number of anilines is 1. The van der Waals surface area contributed by atoms with Gasteiger partial charge in [-0.1, -0.05) is 71.8 Å². The van der Waals surface area contributed by atoms with Gasteiger partial charge in [-0.25, -0.2) is 13.8 Å². The van der Waals surface area contributed by atoms with E-state index in [1.165, 1.54) is 4.31 Å². The quantitative estimate of drug-likeness (QED) is 0.132. The summed E-state index contributed by atoms with van der Waals surface area (Å²) >= 11 is 6.09. The predicted molar refractivity (Wildman–Crippen MR) is 182 cm³/mol. The first-order valence-corrected chi connectivity index (χ1v) is 16.3. The lowest BCUT2D eigenvalue weighted by Gasteiger charge is -2.26. The van der Waals surface area contributed by atoms with E-state index in [1.54, 1.807) is 79.0 Å². The number of nitrogens with one attached hydrogen (secondary N) is 1. The van der Waals surface area contributed by atoms with Gasteiger partial charge in [-0.15, -0.1) is 0 Å². The molecule has 0 atom stereocenters. The summed E-state index contributed by atoms with van der Waals surface area (Å²) < 4.78 is 31.6. The first-order chi connectivity index (χ1) is 21.5. The highest BCUT2D eigenvalue weighted by molar-refractivity contribution is 7.92. The van der Waals surface area contributed by atoms with Gasteiger partial charge in [0.15, 0.2) is 0 Å². The lowest BCUT2D eigenvalue weighted by Crippen LogP contribution is -2.33. The maximum absolute atomic E-state index is 14.1. The van der Waals surface area contributed by atoms with Gasteiger partial charge in [0.1, 0.15) is 0 Å². The normalized spacial score (nSPS) is 11.6. The molecule has 0 aliphatic heterocycles. The zero-order chi connectivity index (χ0) is 32.3. The molecule has 0 unspecified atom stereocenters. The molecule has 0 aliphatic carbocycles. The van der Waals surface area contributed by atoms with Crippen LogP contribution in [0.1, 0.15) is 49.6 Å². The van der Waals surface area contributed by atoms with Gasteiger partial charge in [0.25, 0.3) is 15.9 Å². The van der Waals surface area contributed by atoms with Gasteiger partial charge in [-0.05, 0) is 93.8 Å². The molecule has 0 fully saturated rings. The number of hydrogen-bond acceptors (Lipinski definition) is 4. The first kappa shape index (κ1) is 31.8. The molecule has 5 aromatic rings. The largest absolute Gasteiger partial charge is 0.317 e. The summed E-state index contributed by atoms with van der Waals surface area (Å²) in [4.78, 5) is 13.7. The fraction of sp³-hybridized carbons (Fsp3) is 0.167. The van der Waals surface area contributed by atoms with Crippen LogP contribution >= 0.6 is 11.6 Å². The minimum atomic E-state index is -4.06. The summed E-state index contributed by atoms with van der Waals surface area (Å²) in [6.07, 6.45) is 1.61. The van der Waals surface area contributed by atoms with Crippen molar-refractivity contribution >= 4 is 39.4 Å². The van der Waals surface area contributed by atoms with Crippen molar-refractivity contribution in [3.63, 3.8) is 0 Å². The number of para-hydroxylation sites is 2. The number of aryl methyl sites for hydroxylation is 4. The van der Waals surface area contributed by atoms with Crippen molar-refractivity contribution in [2.24, 2.45) is 5.10 Å². The summed E-state index contributed by atoms with van der Waals surface area (Å²) in [5.41, 5.74) is 11.0. The SMILES string of the molecule is Cc1ccc(S(=O)(=O)N(Cc2ccc(Cl)cc2)c2ccccc2C(=O)N/N=C/c2cc(C)n(-c3c(C)cccc3C)c2C)cc1. The van der Waals surface area contributed by atoms with Crippen molar-refractivity contribution in [1.29, 1.82) is 0 Å². The van der Waals surface area contributed by atoms with Crippen molar-refractivity contribution < 1.29 is 13.2 Å². The Labute approximate surface area is 269 Å². The van der Waals surface area contributed by atoms with Gasteiger partial charge in [0.05, 0.1) is 34.6 Å². The van der Waals surface area contributed by atoms with E-state index in [0.29, 0.717) is 10.6 Å². The number of amides is 1. The molecule has 45 heavy (non-hydrogen) atoms. The van der Waals surface area contributed by atoms with Crippen LogP contribution in [0.2, 0.25) is 5.02 Å². The highest BCUT2D eigenvalue weighted by Crippen LogP contribution is 2.30. The van der Waals surface area contributed by atoms with E-state index in [9.17, 15) is 13.2 Å². The van der Waals surface area contributed by atoms with Crippen molar-refractivity contribution in [2.45, 2.75) is 46.1 Å². The maximum Gasteiger partial charge on any atom is 0.273 e. The second kappa shape index (κ2) is 13.1. The monoisotopic (exact) mass is 638 g/mol. The van der Waals surface area contributed by atoms with E-state index in [0.717, 1.165) is 39.3 Å². The Bertz CT molecular complexity index is 1980. The average molecular weight is 639 g/mol. The standard InChI is InChI=1S/C36H35ClN4O3S/c1-24-13-19-32(20-14-24)45(43,44)40(23-29-15-17-31(37)18-16-29)34-12-7-6-11-33(34)36(42)39-38-22-30-21-27(4)41(28(30)5)35-25(2)9-8-10-26(35)3/h6-22H,23H2,1-5H3,(H,39,42)/b38-22+. The highest BCUT2D eigenvalue weighted by Gasteiger charge is 2.28. The Morgan fingerprint density at radius 3 is 2.18 bits per heavy atom. The number of hydrogen-bond donors (Lipinski definition) is 1. The van der Waals surface area contributed by atoms with Crippen LogP contribution in [0.25, 0.3) is 5.69 Å². The molecule has 4 aromatic carbocycles. The van der Waals surface area contributed by atoms with Crippen LogP contribution in [0.15, 0.2) is 107 Å². The van der Waals surface area contributed by atoms with E-state index in [2.05, 4.69) is 41.1 Å². The van der Waals surface area contributed by atoms with Gasteiger partial charge in [0, 0.05) is 22.0 Å². The number of aromatic nitrogens is 1. The third-order valence-electron chi connectivity index (χ3n) is 7.77. The molecule has 0 aliphatic rings. The minimum Gasteiger partial charge on any atom is -0.317 e. The molecule has 9 heteroatoms. The molecule has 1 amide bonds. The van der Waals surface area contributed by atoms with Crippen LogP contribution in [-0.4, -0.2) is 25.1 Å². The zero-order valence-electron chi connectivity index (χ0n) is 25.9. The third kappa shape index (κ3) is 6.72. The van der Waals surface area contributed by atoms with Crippen molar-refractivity contribution in [3.05, 3.63) is 147 Å². The molecule has 5 rings (SSSR count). The molecular formula is C36H35ClN4O3S. The molecule has 0 radical (unpaired) electrons. The van der Waals surface area contributed by atoms with E-state index >= 15 is 0 Å². The van der Waals surface area contributed by atoms with Gasteiger partial charge < -0.3 is 4.57 Å². The fourth-order valence-corrected chi connectivity index (χ4v) is 7.01. The Morgan fingerprint density at radius 2 is 1.51 bits per heavy atom. The molecule has 0 saturated heterocycles. The Hall–Kier alpha value is -4.66. The van der Waals surface area contributed by atoms with Crippen LogP contribution in [-0.2, 0) is 16.6 Å². The van der Waals surface area contributed by atoms with Gasteiger partial charge >= 0.3 is 0 Å². The van der Waals surface area contributed by atoms with Crippen molar-refractivity contribution in [1.82, 2.24) is 9.99 Å². The summed E-state index contributed by atoms with van der Waals surface area (Å²) in [6, 6.07) is 28.4. The average Bonchev–Trinajstić information content (AvgIpc) is 3.29. The van der Waals surface area contributed by atoms with Crippen LogP contribution < -0.4 is 9.73 Å². The number of nitrogens with zero attached hydrogens (tertiary/aromatic N) is 3. The van der Waals surface area contributed by atoms with E-state index < -0.39 is 15.9 Å². The predicted octanol–water partition coefficient (Wildman–Crippen LogP) is 7.83. The Kier molecular flexibility index (Phi) is 9.27. The highest BCUT2D eigenvalue weighted by atomic mass is 35.5. The molecule has 0 saturated carbocycles. The summed E-state index contributed by atoms with van der Waals surface area (Å²) in [5, 5.41) is 4.82. The fourth-order valence-electron chi connectivity index (χ4n) is 5.42. The van der Waals surface area contributed by atoms with Gasteiger partial charge in [0.2, 0.25) is 0 Å². The van der Waals surface area contributed by atoms with E-state index in [4.69, 9.17) is 11.6 Å². The molecule has 7 nitrogen and oxygen atoms in total. The topological polar surface area (TPSA) is 83.8 Å². The van der Waals surface area contributed by atoms with Gasteiger partial charge in [-0.3, -0.25) is 9.10 Å².